The van der Waals surface area contributed by atoms with Crippen LogP contribution in [0.4, 0.5) is 0 Å². The molecule has 0 aromatic carbocycles. The highest BCUT2D eigenvalue weighted by molar-refractivity contribution is 4.72. The summed E-state index contributed by atoms with van der Waals surface area (Å²) in [5, 5.41) is 16.3. The lowest BCUT2D eigenvalue weighted by Gasteiger charge is -2.29. The molecule has 84 valence electrons. The predicted molar refractivity (Wildman–Crippen MR) is 58.5 cm³/mol. The average molecular weight is 201 g/mol. The Morgan fingerprint density at radius 2 is 2.00 bits per heavy atom. The van der Waals surface area contributed by atoms with Crippen LogP contribution >= 0.6 is 0 Å². The van der Waals surface area contributed by atoms with E-state index in [9.17, 15) is 5.11 Å². The first-order valence-corrected chi connectivity index (χ1v) is 5.53. The number of hydrogen-bond donors (Lipinski definition) is 3. The number of piperazine rings is 1. The van der Waals surface area contributed by atoms with Crippen LogP contribution in [0, 0.1) is 0 Å². The number of rotatable bonds is 5. The van der Waals surface area contributed by atoms with Gasteiger partial charge in [-0.1, -0.05) is 13.8 Å². The van der Waals surface area contributed by atoms with Gasteiger partial charge in [-0.05, 0) is 0 Å². The molecule has 1 atom stereocenters. The second-order valence-electron chi connectivity index (χ2n) is 4.27. The lowest BCUT2D eigenvalue weighted by molar-refractivity contribution is 0.102. The standard InChI is InChI=1S/C10H23N3O/c1-9(2)12-7-10(14)8-13-5-3-11-4-6-13/h9-12,14H,3-8H2,1-2H3. The van der Waals surface area contributed by atoms with Gasteiger partial charge in [0.15, 0.2) is 0 Å². The Kier molecular flexibility index (Phi) is 5.40. The van der Waals surface area contributed by atoms with Crippen LogP contribution in [0.15, 0.2) is 0 Å². The van der Waals surface area contributed by atoms with Gasteiger partial charge in [-0.3, -0.25) is 4.90 Å². The quantitative estimate of drug-likeness (QED) is 0.548. The van der Waals surface area contributed by atoms with Gasteiger partial charge in [0.1, 0.15) is 0 Å². The third kappa shape index (κ3) is 4.91. The first-order chi connectivity index (χ1) is 6.68. The number of nitrogens with one attached hydrogen (secondary N) is 2. The predicted octanol–water partition coefficient (Wildman–Crippen LogP) is -0.749. The molecule has 14 heavy (non-hydrogen) atoms. The second kappa shape index (κ2) is 6.35. The SMILES string of the molecule is CC(C)NCC(O)CN1CCNCC1. The van der Waals surface area contributed by atoms with Crippen LogP contribution < -0.4 is 10.6 Å². The van der Waals surface area contributed by atoms with E-state index in [-0.39, 0.29) is 6.10 Å². The van der Waals surface area contributed by atoms with E-state index in [1.807, 2.05) is 0 Å². The molecule has 0 spiro atoms. The number of hydrogen-bond acceptors (Lipinski definition) is 4. The van der Waals surface area contributed by atoms with Gasteiger partial charge in [0.05, 0.1) is 6.10 Å². The minimum absolute atomic E-state index is 0.240. The number of β-amino-alcohol motifs (C(OH)–C–C–N with tert-alkyl or cyclic N) is 1. The van der Waals surface area contributed by atoms with Crippen molar-refractivity contribution in [2.24, 2.45) is 0 Å². The minimum atomic E-state index is -0.240. The maximum Gasteiger partial charge on any atom is 0.0791 e. The molecule has 1 fully saturated rings. The summed E-state index contributed by atoms with van der Waals surface area (Å²) in [6.07, 6.45) is -0.240. The van der Waals surface area contributed by atoms with Crippen molar-refractivity contribution in [1.29, 1.82) is 0 Å². The molecule has 0 aromatic rings. The Balaban J connectivity index is 2.09. The lowest BCUT2D eigenvalue weighted by atomic mass is 10.2. The fourth-order valence-corrected chi connectivity index (χ4v) is 1.63. The van der Waals surface area contributed by atoms with Crippen molar-refractivity contribution in [2.75, 3.05) is 39.3 Å². The van der Waals surface area contributed by atoms with E-state index in [2.05, 4.69) is 29.4 Å². The van der Waals surface area contributed by atoms with Crippen LogP contribution in [-0.4, -0.2) is 61.4 Å². The van der Waals surface area contributed by atoms with Crippen LogP contribution in [0.2, 0.25) is 0 Å². The van der Waals surface area contributed by atoms with Crippen LogP contribution in [-0.2, 0) is 0 Å². The van der Waals surface area contributed by atoms with Gasteiger partial charge in [-0.25, -0.2) is 0 Å². The lowest BCUT2D eigenvalue weighted by Crippen LogP contribution is -2.48. The molecule has 1 rings (SSSR count). The molecule has 0 amide bonds. The van der Waals surface area contributed by atoms with Crippen LogP contribution in [0.1, 0.15) is 13.8 Å². The van der Waals surface area contributed by atoms with Crippen molar-refractivity contribution < 1.29 is 5.11 Å². The summed E-state index contributed by atoms with van der Waals surface area (Å²) in [6, 6.07) is 0.452. The normalized spacial score (nSPS) is 21.4. The van der Waals surface area contributed by atoms with Gasteiger partial charge in [0.2, 0.25) is 0 Å². The van der Waals surface area contributed by atoms with Gasteiger partial charge >= 0.3 is 0 Å². The molecule has 3 N–H and O–H groups in total. The monoisotopic (exact) mass is 201 g/mol. The zero-order valence-electron chi connectivity index (χ0n) is 9.29. The fourth-order valence-electron chi connectivity index (χ4n) is 1.63. The van der Waals surface area contributed by atoms with Gasteiger partial charge in [0, 0.05) is 45.3 Å². The molecule has 0 radical (unpaired) electrons. The molecule has 1 heterocycles. The zero-order valence-corrected chi connectivity index (χ0v) is 9.29. The number of aliphatic hydroxyl groups is 1. The van der Waals surface area contributed by atoms with E-state index < -0.39 is 0 Å². The van der Waals surface area contributed by atoms with Gasteiger partial charge in [0.25, 0.3) is 0 Å². The van der Waals surface area contributed by atoms with Crippen molar-refractivity contribution in [3.63, 3.8) is 0 Å². The fraction of sp³-hybridized carbons (Fsp3) is 1.00. The number of aliphatic hydroxyl groups excluding tert-OH is 1. The van der Waals surface area contributed by atoms with Crippen molar-refractivity contribution in [3.05, 3.63) is 0 Å². The molecule has 1 unspecified atom stereocenters. The molecule has 0 saturated carbocycles. The van der Waals surface area contributed by atoms with Crippen molar-refractivity contribution in [1.82, 2.24) is 15.5 Å². The first-order valence-electron chi connectivity index (χ1n) is 5.53. The highest BCUT2D eigenvalue weighted by Gasteiger charge is 2.13. The zero-order chi connectivity index (χ0) is 10.4. The molecule has 0 aromatic heterocycles. The Labute approximate surface area is 86.7 Å². The second-order valence-corrected chi connectivity index (χ2v) is 4.27. The van der Waals surface area contributed by atoms with E-state index in [0.717, 1.165) is 32.7 Å². The first kappa shape index (κ1) is 11.9. The molecule has 1 saturated heterocycles. The third-order valence-corrected chi connectivity index (χ3v) is 2.44. The molecular weight excluding hydrogens is 178 g/mol. The summed E-state index contributed by atoms with van der Waals surface area (Å²) >= 11 is 0. The maximum absolute atomic E-state index is 9.73. The Hall–Kier alpha value is -0.160. The van der Waals surface area contributed by atoms with Crippen molar-refractivity contribution >= 4 is 0 Å². The van der Waals surface area contributed by atoms with Crippen LogP contribution in [0.25, 0.3) is 0 Å². The van der Waals surface area contributed by atoms with Gasteiger partial charge in [-0.15, -0.1) is 0 Å². The Morgan fingerprint density at radius 3 is 2.57 bits per heavy atom. The van der Waals surface area contributed by atoms with E-state index in [1.54, 1.807) is 0 Å². The maximum atomic E-state index is 9.73. The topological polar surface area (TPSA) is 47.5 Å². The highest BCUT2D eigenvalue weighted by Crippen LogP contribution is 1.95. The summed E-state index contributed by atoms with van der Waals surface area (Å²) in [6.45, 7) is 9.88. The van der Waals surface area contributed by atoms with Gasteiger partial charge in [-0.2, -0.15) is 0 Å². The van der Waals surface area contributed by atoms with Crippen molar-refractivity contribution in [2.45, 2.75) is 26.0 Å². The van der Waals surface area contributed by atoms with Crippen LogP contribution in [0.3, 0.4) is 0 Å². The summed E-state index contributed by atoms with van der Waals surface area (Å²) in [5.74, 6) is 0. The Morgan fingerprint density at radius 1 is 1.36 bits per heavy atom. The summed E-state index contributed by atoms with van der Waals surface area (Å²) < 4.78 is 0. The summed E-state index contributed by atoms with van der Waals surface area (Å²) in [7, 11) is 0. The largest absolute Gasteiger partial charge is 0.390 e. The van der Waals surface area contributed by atoms with E-state index in [4.69, 9.17) is 0 Å². The van der Waals surface area contributed by atoms with E-state index in [1.165, 1.54) is 0 Å². The molecule has 0 aliphatic carbocycles. The highest BCUT2D eigenvalue weighted by atomic mass is 16.3. The minimum Gasteiger partial charge on any atom is -0.390 e. The molecule has 4 heteroatoms. The third-order valence-electron chi connectivity index (χ3n) is 2.44. The summed E-state index contributed by atoms with van der Waals surface area (Å²) in [4.78, 5) is 2.31. The van der Waals surface area contributed by atoms with Crippen molar-refractivity contribution in [3.8, 4) is 0 Å². The number of nitrogens with zero attached hydrogens (tertiary/aromatic N) is 1. The molecule has 1 aliphatic rings. The summed E-state index contributed by atoms with van der Waals surface area (Å²) in [5.41, 5.74) is 0. The van der Waals surface area contributed by atoms with E-state index in [0.29, 0.717) is 12.6 Å². The average Bonchev–Trinajstić information content (AvgIpc) is 2.16. The smallest absolute Gasteiger partial charge is 0.0791 e. The van der Waals surface area contributed by atoms with E-state index >= 15 is 0 Å². The molecule has 4 nitrogen and oxygen atoms in total. The molecular formula is C10H23N3O. The van der Waals surface area contributed by atoms with Gasteiger partial charge < -0.3 is 15.7 Å². The Bertz CT molecular complexity index is 146. The van der Waals surface area contributed by atoms with Crippen LogP contribution in [0.5, 0.6) is 0 Å². The molecule has 0 bridgehead atoms. The molecule has 1 aliphatic heterocycles.